The molecule has 2 heteroatoms. The molecule has 0 aromatic rings. The van der Waals surface area contributed by atoms with Gasteiger partial charge in [-0.15, -0.1) is 0 Å². The molecule has 188 valence electrons. The predicted octanol–water partition coefficient (Wildman–Crippen LogP) is 8.75. The smallest absolute Gasteiger partial charge is 0.303 e. The number of fused-ring (bicyclic) bond motifs is 5. The first-order valence-electron chi connectivity index (χ1n) is 14.3. The highest BCUT2D eigenvalue weighted by Gasteiger charge is 2.68. The molecule has 3 saturated carbocycles. The summed E-state index contributed by atoms with van der Waals surface area (Å²) in [4.78, 5) is 12.4. The van der Waals surface area contributed by atoms with Gasteiger partial charge in [-0.1, -0.05) is 86.3 Å². The largest absolute Gasteiger partial charge is 0.481 e. The summed E-state index contributed by atoms with van der Waals surface area (Å²) >= 11 is 0. The summed E-state index contributed by atoms with van der Waals surface area (Å²) in [6.07, 6.45) is 18.3. The number of carboxylic acids is 1. The van der Waals surface area contributed by atoms with Crippen molar-refractivity contribution in [3.05, 3.63) is 12.2 Å². The molecule has 0 spiro atoms. The number of hydrogen-bond acceptors (Lipinski definition) is 1. The summed E-state index contributed by atoms with van der Waals surface area (Å²) in [6, 6.07) is 0. The number of rotatable bonds is 7. The quantitative estimate of drug-likeness (QED) is 0.389. The van der Waals surface area contributed by atoms with Crippen molar-refractivity contribution < 1.29 is 9.90 Å². The molecule has 0 saturated heterocycles. The molecule has 0 heterocycles. The van der Waals surface area contributed by atoms with Crippen LogP contribution in [0.4, 0.5) is 0 Å². The predicted molar refractivity (Wildman–Crippen MR) is 138 cm³/mol. The molecule has 1 unspecified atom stereocenters. The topological polar surface area (TPSA) is 37.3 Å². The van der Waals surface area contributed by atoms with Crippen LogP contribution >= 0.6 is 0 Å². The first-order valence-corrected chi connectivity index (χ1v) is 14.3. The van der Waals surface area contributed by atoms with Gasteiger partial charge in [-0.3, -0.25) is 4.79 Å². The highest BCUT2D eigenvalue weighted by Crippen LogP contribution is 2.74. The van der Waals surface area contributed by atoms with E-state index in [1.807, 2.05) is 0 Å². The second-order valence-corrected chi connectivity index (χ2v) is 14.5. The van der Waals surface area contributed by atoms with Gasteiger partial charge in [0.2, 0.25) is 0 Å². The third kappa shape index (κ3) is 3.94. The zero-order valence-corrected chi connectivity index (χ0v) is 22.8. The van der Waals surface area contributed by atoms with Crippen LogP contribution in [0.15, 0.2) is 12.2 Å². The minimum absolute atomic E-state index is 0.0647. The van der Waals surface area contributed by atoms with Crippen molar-refractivity contribution in [2.45, 2.75) is 119 Å². The fourth-order valence-electron chi connectivity index (χ4n) is 10.3. The number of carboxylic acid groups (broad SMARTS) is 1. The number of carbonyl (C=O) groups is 1. The Hall–Kier alpha value is -0.790. The van der Waals surface area contributed by atoms with E-state index in [0.717, 1.165) is 12.3 Å². The van der Waals surface area contributed by atoms with Crippen LogP contribution in [-0.2, 0) is 4.79 Å². The Morgan fingerprint density at radius 2 is 1.70 bits per heavy atom. The molecular weight excluding hydrogens is 404 g/mol. The molecule has 1 N–H and O–H groups in total. The Morgan fingerprint density at radius 3 is 2.36 bits per heavy atom. The average molecular weight is 457 g/mol. The van der Waals surface area contributed by atoms with E-state index in [1.165, 1.54) is 57.8 Å². The van der Waals surface area contributed by atoms with Gasteiger partial charge in [0.15, 0.2) is 0 Å². The minimum Gasteiger partial charge on any atom is -0.481 e. The lowest BCUT2D eigenvalue weighted by atomic mass is 9.39. The molecule has 0 aliphatic heterocycles. The fourth-order valence-corrected chi connectivity index (χ4v) is 10.3. The molecule has 4 aliphatic rings. The van der Waals surface area contributed by atoms with Gasteiger partial charge >= 0.3 is 5.97 Å². The molecule has 0 radical (unpaired) electrons. The summed E-state index contributed by atoms with van der Waals surface area (Å²) < 4.78 is 0. The van der Waals surface area contributed by atoms with Gasteiger partial charge in [-0.2, -0.15) is 0 Å². The third-order valence-corrected chi connectivity index (χ3v) is 11.9. The fraction of sp³-hybridized carbons (Fsp3) is 0.903. The number of aliphatic carboxylic acids is 1. The second-order valence-electron chi connectivity index (χ2n) is 14.5. The normalized spacial score (nSPS) is 44.7. The lowest BCUT2D eigenvalue weighted by molar-refractivity contribution is -0.162. The first kappa shape index (κ1) is 25.3. The van der Waals surface area contributed by atoms with E-state index >= 15 is 0 Å². The minimum atomic E-state index is -0.570. The molecule has 2 nitrogen and oxygen atoms in total. The molecule has 4 aliphatic carbocycles. The van der Waals surface area contributed by atoms with E-state index in [9.17, 15) is 9.90 Å². The molecule has 3 fully saturated rings. The first-order chi connectivity index (χ1) is 15.4. The van der Waals surface area contributed by atoms with Gasteiger partial charge in [0, 0.05) is 0 Å². The maximum absolute atomic E-state index is 12.4. The van der Waals surface area contributed by atoms with Crippen molar-refractivity contribution in [2.24, 2.45) is 57.2 Å². The number of hydrogen-bond donors (Lipinski definition) is 1. The van der Waals surface area contributed by atoms with Gasteiger partial charge in [0.25, 0.3) is 0 Å². The zero-order chi connectivity index (χ0) is 24.2. The summed E-state index contributed by atoms with van der Waals surface area (Å²) in [5, 5.41) is 10.2. The highest BCUT2D eigenvalue weighted by molar-refractivity contribution is 5.68. The second kappa shape index (κ2) is 8.70. The van der Waals surface area contributed by atoms with Gasteiger partial charge in [-0.25, -0.2) is 0 Å². The summed E-state index contributed by atoms with van der Waals surface area (Å²) in [6.45, 7) is 17.2. The molecular formula is C31H52O2. The van der Waals surface area contributed by atoms with Gasteiger partial charge < -0.3 is 5.11 Å². The van der Waals surface area contributed by atoms with Crippen LogP contribution in [0, 0.1) is 57.2 Å². The van der Waals surface area contributed by atoms with Crippen molar-refractivity contribution in [2.75, 3.05) is 0 Å². The van der Waals surface area contributed by atoms with E-state index in [4.69, 9.17) is 0 Å². The lowest BCUT2D eigenvalue weighted by Crippen LogP contribution is -2.59. The highest BCUT2D eigenvalue weighted by atomic mass is 16.4. The molecule has 0 bridgehead atoms. The monoisotopic (exact) mass is 456 g/mol. The Labute approximate surface area is 204 Å². The van der Waals surface area contributed by atoms with E-state index in [-0.39, 0.29) is 10.8 Å². The Morgan fingerprint density at radius 1 is 0.970 bits per heavy atom. The van der Waals surface area contributed by atoms with E-state index in [2.05, 4.69) is 60.6 Å². The van der Waals surface area contributed by atoms with Crippen molar-refractivity contribution in [3.8, 4) is 0 Å². The van der Waals surface area contributed by atoms with Gasteiger partial charge in [0.1, 0.15) is 0 Å². The van der Waals surface area contributed by atoms with Crippen molar-refractivity contribution in [1.29, 1.82) is 0 Å². The summed E-state index contributed by atoms with van der Waals surface area (Å²) in [7, 11) is 0. The van der Waals surface area contributed by atoms with Crippen LogP contribution < -0.4 is 0 Å². The molecule has 0 aromatic carbocycles. The maximum Gasteiger partial charge on any atom is 0.303 e. The summed E-state index contributed by atoms with van der Waals surface area (Å²) in [5.41, 5.74) is 0.777. The van der Waals surface area contributed by atoms with E-state index in [0.29, 0.717) is 46.8 Å². The zero-order valence-electron chi connectivity index (χ0n) is 22.8. The SMILES string of the molecule is CC(C)CCC[C@@H](C)[C@H]1CC[C@@]2(CC(=O)O)[C@@H]3C=CC4C(C)(C)CCC[C@]4(C)[C@H]3CC[C@]12C. The van der Waals surface area contributed by atoms with E-state index in [1.54, 1.807) is 0 Å². The lowest BCUT2D eigenvalue weighted by Gasteiger charge is -2.65. The Bertz CT molecular complexity index is 765. The molecule has 0 aromatic heterocycles. The number of allylic oxidation sites excluding steroid dienone is 2. The van der Waals surface area contributed by atoms with Crippen LogP contribution in [0.2, 0.25) is 0 Å². The van der Waals surface area contributed by atoms with E-state index < -0.39 is 5.97 Å². The molecule has 33 heavy (non-hydrogen) atoms. The average Bonchev–Trinajstić information content (AvgIpc) is 2.99. The van der Waals surface area contributed by atoms with Crippen LogP contribution in [0.5, 0.6) is 0 Å². The van der Waals surface area contributed by atoms with Crippen LogP contribution in [0.1, 0.15) is 119 Å². The summed E-state index contributed by atoms with van der Waals surface area (Å²) in [5.74, 6) is 3.30. The van der Waals surface area contributed by atoms with Crippen LogP contribution in [-0.4, -0.2) is 11.1 Å². The van der Waals surface area contributed by atoms with Gasteiger partial charge in [0.05, 0.1) is 6.42 Å². The van der Waals surface area contributed by atoms with Crippen molar-refractivity contribution in [3.63, 3.8) is 0 Å². The van der Waals surface area contributed by atoms with Crippen molar-refractivity contribution >= 4 is 5.97 Å². The maximum atomic E-state index is 12.4. The van der Waals surface area contributed by atoms with Crippen molar-refractivity contribution in [1.82, 2.24) is 0 Å². The molecule has 0 amide bonds. The standard InChI is InChI=1S/C31H52O2/c1-21(2)10-8-11-22(3)23-15-19-31(20-27(32)33)25-12-13-26-28(4,5)16-9-17-29(26,6)24(25)14-18-30(23,31)7/h12-13,21-26H,8-11,14-20H2,1-7H3,(H,32,33)/t22-,23-,24+,25-,26?,29-,30-,31-/m1/s1. The van der Waals surface area contributed by atoms with Gasteiger partial charge in [-0.05, 0) is 95.7 Å². The molecule has 8 atom stereocenters. The third-order valence-electron chi connectivity index (χ3n) is 11.9. The Kier molecular flexibility index (Phi) is 6.67. The molecule has 4 rings (SSSR count). The van der Waals surface area contributed by atoms with Crippen LogP contribution in [0.3, 0.4) is 0 Å². The van der Waals surface area contributed by atoms with Crippen LogP contribution in [0.25, 0.3) is 0 Å². The Balaban J connectivity index is 1.68.